The van der Waals surface area contributed by atoms with Crippen molar-refractivity contribution in [2.24, 2.45) is 0 Å². The molecule has 1 aromatic heterocycles. The monoisotopic (exact) mass is 246 g/mol. The number of H-pyrrole nitrogens is 1. The highest BCUT2D eigenvalue weighted by molar-refractivity contribution is 5.90. The molecule has 1 amide bonds. The zero-order chi connectivity index (χ0) is 13.0. The van der Waals surface area contributed by atoms with Gasteiger partial charge < -0.3 is 4.74 Å². The van der Waals surface area contributed by atoms with Crippen LogP contribution < -0.4 is 10.1 Å². The van der Waals surface area contributed by atoms with Gasteiger partial charge in [-0.3, -0.25) is 15.2 Å². The number of rotatable bonds is 4. The molecule has 0 spiro atoms. The highest BCUT2D eigenvalue weighted by Gasteiger charge is 2.06. The van der Waals surface area contributed by atoms with Gasteiger partial charge in [0.1, 0.15) is 11.6 Å². The molecule has 94 valence electrons. The number of amides is 1. The average Bonchev–Trinajstić information content (AvgIpc) is 2.74. The summed E-state index contributed by atoms with van der Waals surface area (Å²) in [4.78, 5) is 15.5. The third-order valence-electron chi connectivity index (χ3n) is 2.24. The van der Waals surface area contributed by atoms with Gasteiger partial charge in [0.2, 0.25) is 5.95 Å². The van der Waals surface area contributed by atoms with Crippen molar-refractivity contribution < 1.29 is 9.53 Å². The summed E-state index contributed by atoms with van der Waals surface area (Å²) in [5.74, 6) is 1.26. The van der Waals surface area contributed by atoms with E-state index in [1.165, 1.54) is 0 Å². The van der Waals surface area contributed by atoms with Gasteiger partial charge in [0.15, 0.2) is 6.61 Å². The fraction of sp³-hybridized carbons (Fsp3) is 0.250. The molecule has 2 N–H and O–H groups in total. The molecule has 1 aromatic carbocycles. The van der Waals surface area contributed by atoms with E-state index in [1.807, 2.05) is 31.2 Å². The molecular weight excluding hydrogens is 232 g/mol. The van der Waals surface area contributed by atoms with Gasteiger partial charge in [0.25, 0.3) is 5.91 Å². The summed E-state index contributed by atoms with van der Waals surface area (Å²) in [5.41, 5.74) is 1.14. The van der Waals surface area contributed by atoms with Crippen molar-refractivity contribution in [2.45, 2.75) is 13.8 Å². The van der Waals surface area contributed by atoms with Gasteiger partial charge in [-0.25, -0.2) is 0 Å². The standard InChI is InChI=1S/C12H14N4O2/c1-8-3-5-10(6-4-8)18-7-11(17)14-12-13-9(2)15-16-12/h3-6H,7H2,1-2H3,(H2,13,14,15,16,17). The number of benzene rings is 1. The predicted molar refractivity (Wildman–Crippen MR) is 66.4 cm³/mol. The molecule has 0 saturated carbocycles. The summed E-state index contributed by atoms with van der Waals surface area (Å²) in [6.45, 7) is 3.67. The number of nitrogens with one attached hydrogen (secondary N) is 2. The van der Waals surface area contributed by atoms with Crippen LogP contribution >= 0.6 is 0 Å². The number of aromatic nitrogens is 3. The number of ether oxygens (including phenoxy) is 1. The van der Waals surface area contributed by atoms with E-state index in [0.29, 0.717) is 11.6 Å². The number of nitrogens with zero attached hydrogens (tertiary/aromatic N) is 2. The van der Waals surface area contributed by atoms with Gasteiger partial charge in [-0.2, -0.15) is 4.98 Å². The fourth-order valence-corrected chi connectivity index (χ4v) is 1.34. The van der Waals surface area contributed by atoms with Crippen LogP contribution in [0.3, 0.4) is 0 Å². The number of aromatic amines is 1. The van der Waals surface area contributed by atoms with Crippen LogP contribution in [0.1, 0.15) is 11.4 Å². The topological polar surface area (TPSA) is 79.9 Å². The van der Waals surface area contributed by atoms with Crippen LogP contribution in [0.4, 0.5) is 5.95 Å². The first-order valence-corrected chi connectivity index (χ1v) is 5.52. The maximum atomic E-state index is 11.5. The zero-order valence-electron chi connectivity index (χ0n) is 10.2. The van der Waals surface area contributed by atoms with Crippen LogP contribution in [-0.4, -0.2) is 27.7 Å². The van der Waals surface area contributed by atoms with Gasteiger partial charge >= 0.3 is 0 Å². The molecule has 0 aliphatic rings. The van der Waals surface area contributed by atoms with Gasteiger partial charge in [-0.1, -0.05) is 17.7 Å². The first-order chi connectivity index (χ1) is 8.63. The van der Waals surface area contributed by atoms with Crippen molar-refractivity contribution >= 4 is 11.9 Å². The lowest BCUT2D eigenvalue weighted by Crippen LogP contribution is -2.20. The van der Waals surface area contributed by atoms with Gasteiger partial charge in [-0.15, -0.1) is 5.10 Å². The smallest absolute Gasteiger partial charge is 0.264 e. The van der Waals surface area contributed by atoms with E-state index in [9.17, 15) is 4.79 Å². The van der Waals surface area contributed by atoms with Gasteiger partial charge in [0, 0.05) is 0 Å². The first kappa shape index (κ1) is 12.1. The Bertz CT molecular complexity index is 533. The quantitative estimate of drug-likeness (QED) is 0.855. The number of hydrogen-bond acceptors (Lipinski definition) is 4. The van der Waals surface area contributed by atoms with Crippen molar-refractivity contribution in [2.75, 3.05) is 11.9 Å². The highest BCUT2D eigenvalue weighted by Crippen LogP contribution is 2.11. The van der Waals surface area contributed by atoms with Crippen molar-refractivity contribution in [3.8, 4) is 5.75 Å². The molecule has 0 radical (unpaired) electrons. The lowest BCUT2D eigenvalue weighted by Gasteiger charge is -2.05. The van der Waals surface area contributed by atoms with Crippen molar-refractivity contribution in [3.05, 3.63) is 35.7 Å². The Morgan fingerprint density at radius 2 is 2.06 bits per heavy atom. The van der Waals surface area contributed by atoms with E-state index in [2.05, 4.69) is 20.5 Å². The SMILES string of the molecule is Cc1ccc(OCC(=O)Nc2n[nH]c(C)n2)cc1. The summed E-state index contributed by atoms with van der Waals surface area (Å²) in [6.07, 6.45) is 0. The average molecular weight is 246 g/mol. The predicted octanol–water partition coefficient (Wildman–Crippen LogP) is 1.44. The third-order valence-corrected chi connectivity index (χ3v) is 2.24. The minimum Gasteiger partial charge on any atom is -0.484 e. The largest absolute Gasteiger partial charge is 0.484 e. The highest BCUT2D eigenvalue weighted by atomic mass is 16.5. The fourth-order valence-electron chi connectivity index (χ4n) is 1.34. The molecular formula is C12H14N4O2. The van der Waals surface area contributed by atoms with Crippen molar-refractivity contribution in [1.29, 1.82) is 0 Å². The molecule has 0 aliphatic carbocycles. The van der Waals surface area contributed by atoms with E-state index < -0.39 is 0 Å². The number of aryl methyl sites for hydroxylation is 2. The number of hydrogen-bond donors (Lipinski definition) is 2. The van der Waals surface area contributed by atoms with E-state index in [4.69, 9.17) is 4.74 Å². The second kappa shape index (κ2) is 5.31. The van der Waals surface area contributed by atoms with E-state index in [1.54, 1.807) is 6.92 Å². The molecule has 0 unspecified atom stereocenters. The molecule has 0 aliphatic heterocycles. The molecule has 2 aromatic rings. The molecule has 1 heterocycles. The Labute approximate surface area is 104 Å². The Kier molecular flexibility index (Phi) is 3.57. The number of carbonyl (C=O) groups excluding carboxylic acids is 1. The number of anilines is 1. The third kappa shape index (κ3) is 3.31. The van der Waals surface area contributed by atoms with E-state index in [0.717, 1.165) is 5.56 Å². The van der Waals surface area contributed by atoms with Crippen LogP contribution in [0.15, 0.2) is 24.3 Å². The minimum absolute atomic E-state index is 0.0728. The molecule has 2 rings (SSSR count). The summed E-state index contributed by atoms with van der Waals surface area (Å²) in [6, 6.07) is 7.48. The molecule has 18 heavy (non-hydrogen) atoms. The van der Waals surface area contributed by atoms with Crippen LogP contribution in [-0.2, 0) is 4.79 Å². The van der Waals surface area contributed by atoms with Crippen LogP contribution in [0.2, 0.25) is 0 Å². The van der Waals surface area contributed by atoms with Crippen molar-refractivity contribution in [1.82, 2.24) is 15.2 Å². The molecule has 6 nitrogen and oxygen atoms in total. The normalized spacial score (nSPS) is 10.1. The minimum atomic E-state index is -0.297. The summed E-state index contributed by atoms with van der Waals surface area (Å²) >= 11 is 0. The summed E-state index contributed by atoms with van der Waals surface area (Å²) < 4.78 is 5.32. The van der Waals surface area contributed by atoms with Gasteiger partial charge in [0.05, 0.1) is 0 Å². The molecule has 0 fully saturated rings. The summed E-state index contributed by atoms with van der Waals surface area (Å²) in [7, 11) is 0. The van der Waals surface area contributed by atoms with E-state index >= 15 is 0 Å². The Balaban J connectivity index is 1.83. The Hall–Kier alpha value is -2.37. The van der Waals surface area contributed by atoms with E-state index in [-0.39, 0.29) is 18.5 Å². The summed E-state index contributed by atoms with van der Waals surface area (Å²) in [5, 5.41) is 8.96. The van der Waals surface area contributed by atoms with Gasteiger partial charge in [-0.05, 0) is 26.0 Å². The first-order valence-electron chi connectivity index (χ1n) is 5.52. The Morgan fingerprint density at radius 1 is 1.33 bits per heavy atom. The molecule has 0 atom stereocenters. The lowest BCUT2D eigenvalue weighted by molar-refractivity contribution is -0.118. The second-order valence-corrected chi connectivity index (χ2v) is 3.89. The molecule has 0 bridgehead atoms. The maximum Gasteiger partial charge on any atom is 0.264 e. The maximum absolute atomic E-state index is 11.5. The second-order valence-electron chi connectivity index (χ2n) is 3.89. The lowest BCUT2D eigenvalue weighted by atomic mass is 10.2. The Morgan fingerprint density at radius 3 is 2.67 bits per heavy atom. The van der Waals surface area contributed by atoms with Crippen molar-refractivity contribution in [3.63, 3.8) is 0 Å². The zero-order valence-corrected chi connectivity index (χ0v) is 10.2. The molecule has 6 heteroatoms. The van der Waals surface area contributed by atoms with Crippen LogP contribution in [0.25, 0.3) is 0 Å². The van der Waals surface area contributed by atoms with Crippen LogP contribution in [0.5, 0.6) is 5.75 Å². The van der Waals surface area contributed by atoms with Crippen LogP contribution in [0, 0.1) is 13.8 Å². The number of carbonyl (C=O) groups is 1. The molecule has 0 saturated heterocycles.